The van der Waals surface area contributed by atoms with Gasteiger partial charge < -0.3 is 25.1 Å². The van der Waals surface area contributed by atoms with Crippen LogP contribution in [-0.4, -0.2) is 49.2 Å². The number of benzene rings is 2. The van der Waals surface area contributed by atoms with Gasteiger partial charge in [0.15, 0.2) is 0 Å². The zero-order valence-electron chi connectivity index (χ0n) is 20.8. The number of unbranched alkanes of at least 4 members (excludes halogenated alkanes) is 3. The molecule has 0 spiro atoms. The van der Waals surface area contributed by atoms with Crippen LogP contribution in [0, 0.1) is 11.3 Å². The second-order valence-corrected chi connectivity index (χ2v) is 8.83. The number of nitrogens with one attached hydrogen (secondary N) is 2. The highest BCUT2D eigenvalue weighted by Crippen LogP contribution is 2.29. The fourth-order valence-electron chi connectivity index (χ4n) is 4.38. The summed E-state index contributed by atoms with van der Waals surface area (Å²) in [5.74, 6) is 0.253. The summed E-state index contributed by atoms with van der Waals surface area (Å²) in [6.45, 7) is 2.53. The van der Waals surface area contributed by atoms with Crippen molar-refractivity contribution < 1.29 is 19.1 Å². The Morgan fingerprint density at radius 1 is 1.19 bits per heavy atom. The molecule has 0 bridgehead atoms. The number of nitriles is 1. The Morgan fingerprint density at radius 2 is 2.00 bits per heavy atom. The molecule has 190 valence electrons. The molecular formula is C28H34N4O4. The number of aldehydes is 1. The smallest absolute Gasteiger partial charge is 0.255 e. The minimum Gasteiger partial charge on any atom is -0.494 e. The van der Waals surface area contributed by atoms with E-state index in [1.54, 1.807) is 12.1 Å². The first-order valence-electron chi connectivity index (χ1n) is 12.5. The van der Waals surface area contributed by atoms with Gasteiger partial charge in [0.05, 0.1) is 18.2 Å². The molecule has 0 fully saturated rings. The van der Waals surface area contributed by atoms with Crippen molar-refractivity contribution in [2.45, 2.75) is 57.7 Å². The van der Waals surface area contributed by atoms with Gasteiger partial charge in [0.1, 0.15) is 18.1 Å². The van der Waals surface area contributed by atoms with Gasteiger partial charge in [-0.2, -0.15) is 5.26 Å². The molecule has 0 aliphatic carbocycles. The van der Waals surface area contributed by atoms with Crippen LogP contribution in [0.1, 0.15) is 65.6 Å². The van der Waals surface area contributed by atoms with E-state index in [-0.39, 0.29) is 18.2 Å². The molecule has 0 aromatic heterocycles. The number of carbonyl (C=O) groups excluding carboxylic acids is 3. The van der Waals surface area contributed by atoms with E-state index in [0.29, 0.717) is 37.4 Å². The van der Waals surface area contributed by atoms with Crippen molar-refractivity contribution in [1.29, 1.82) is 5.26 Å². The third-order valence-corrected chi connectivity index (χ3v) is 6.36. The quantitative estimate of drug-likeness (QED) is 0.293. The number of ether oxygens (including phenoxy) is 1. The number of rotatable bonds is 15. The molecule has 1 unspecified atom stereocenters. The summed E-state index contributed by atoms with van der Waals surface area (Å²) in [5.41, 5.74) is 3.15. The van der Waals surface area contributed by atoms with Gasteiger partial charge in [-0.25, -0.2) is 0 Å². The van der Waals surface area contributed by atoms with Crippen LogP contribution in [0.15, 0.2) is 42.5 Å². The van der Waals surface area contributed by atoms with Crippen molar-refractivity contribution in [2.24, 2.45) is 0 Å². The standard InChI is InChI=1S/C28H34N4O4/c1-30-27(34)26(11-8-15-33)32-20-23-17-24(12-13-25(23)28(32)35)36-16-7-3-2-6-14-31-19-22-10-5-4-9-21(22)18-29/h4-5,9-10,12-13,15,17,26,31H,2-3,6-8,11,14,16,19-20H2,1H3,(H,30,34). The van der Waals surface area contributed by atoms with Gasteiger partial charge in [0.2, 0.25) is 5.91 Å². The summed E-state index contributed by atoms with van der Waals surface area (Å²) >= 11 is 0. The molecule has 8 nitrogen and oxygen atoms in total. The molecule has 2 N–H and O–H groups in total. The molecule has 2 aromatic rings. The Balaban J connectivity index is 1.37. The SMILES string of the molecule is CNC(=O)C(CCC=O)N1Cc2cc(OCCCCCCNCc3ccccc3C#N)ccc2C1=O. The molecule has 1 heterocycles. The summed E-state index contributed by atoms with van der Waals surface area (Å²) in [5, 5.41) is 15.1. The first-order chi connectivity index (χ1) is 17.6. The van der Waals surface area contributed by atoms with E-state index in [1.165, 1.54) is 11.9 Å². The maximum absolute atomic E-state index is 12.9. The van der Waals surface area contributed by atoms with Crippen LogP contribution < -0.4 is 15.4 Å². The van der Waals surface area contributed by atoms with Gasteiger partial charge in [0.25, 0.3) is 5.91 Å². The summed E-state index contributed by atoms with van der Waals surface area (Å²) in [7, 11) is 1.53. The molecule has 36 heavy (non-hydrogen) atoms. The van der Waals surface area contributed by atoms with Gasteiger partial charge in [-0.3, -0.25) is 9.59 Å². The van der Waals surface area contributed by atoms with Gasteiger partial charge in [-0.1, -0.05) is 31.0 Å². The Hall–Kier alpha value is -3.70. The van der Waals surface area contributed by atoms with Crippen LogP contribution in [0.5, 0.6) is 5.75 Å². The van der Waals surface area contributed by atoms with Gasteiger partial charge in [0, 0.05) is 32.1 Å². The van der Waals surface area contributed by atoms with Crippen LogP contribution in [0.2, 0.25) is 0 Å². The average Bonchev–Trinajstić information content (AvgIpc) is 3.23. The number of carbonyl (C=O) groups is 3. The molecule has 8 heteroatoms. The summed E-state index contributed by atoms with van der Waals surface area (Å²) in [6.07, 6.45) is 5.42. The van der Waals surface area contributed by atoms with Gasteiger partial charge in [-0.05, 0) is 61.2 Å². The highest BCUT2D eigenvalue weighted by Gasteiger charge is 2.35. The molecule has 2 aromatic carbocycles. The van der Waals surface area contributed by atoms with Crippen LogP contribution >= 0.6 is 0 Å². The van der Waals surface area contributed by atoms with E-state index >= 15 is 0 Å². The molecule has 3 rings (SSSR count). The highest BCUT2D eigenvalue weighted by molar-refractivity contribution is 6.01. The second kappa shape index (κ2) is 14.0. The molecule has 0 saturated carbocycles. The van der Waals surface area contributed by atoms with E-state index in [2.05, 4.69) is 16.7 Å². The maximum atomic E-state index is 12.9. The third kappa shape index (κ3) is 7.15. The van der Waals surface area contributed by atoms with E-state index < -0.39 is 6.04 Å². The minimum absolute atomic E-state index is 0.194. The first kappa shape index (κ1) is 26.9. The van der Waals surface area contributed by atoms with Crippen LogP contribution in [-0.2, 0) is 22.7 Å². The lowest BCUT2D eigenvalue weighted by molar-refractivity contribution is -0.125. The van der Waals surface area contributed by atoms with Crippen molar-refractivity contribution in [1.82, 2.24) is 15.5 Å². The Bertz CT molecular complexity index is 1100. The van der Waals surface area contributed by atoms with Gasteiger partial charge in [-0.15, -0.1) is 0 Å². The fourth-order valence-corrected chi connectivity index (χ4v) is 4.38. The maximum Gasteiger partial charge on any atom is 0.255 e. The summed E-state index contributed by atoms with van der Waals surface area (Å²) in [6, 6.07) is 14.6. The van der Waals surface area contributed by atoms with E-state index in [9.17, 15) is 14.4 Å². The summed E-state index contributed by atoms with van der Waals surface area (Å²) < 4.78 is 5.91. The third-order valence-electron chi connectivity index (χ3n) is 6.36. The number of hydrogen-bond acceptors (Lipinski definition) is 6. The molecular weight excluding hydrogens is 456 g/mol. The summed E-state index contributed by atoms with van der Waals surface area (Å²) in [4.78, 5) is 37.5. The topological polar surface area (TPSA) is 112 Å². The number of likely N-dealkylation sites (N-methyl/N-ethyl adjacent to an activating group) is 1. The van der Waals surface area contributed by atoms with Crippen LogP contribution in [0.25, 0.3) is 0 Å². The van der Waals surface area contributed by atoms with Gasteiger partial charge >= 0.3 is 0 Å². The largest absolute Gasteiger partial charge is 0.494 e. The molecule has 1 aliphatic heterocycles. The van der Waals surface area contributed by atoms with Crippen molar-refractivity contribution in [3.8, 4) is 11.8 Å². The zero-order chi connectivity index (χ0) is 25.8. The number of nitrogens with zero attached hydrogens (tertiary/aromatic N) is 2. The Kier molecular flexibility index (Phi) is 10.5. The van der Waals surface area contributed by atoms with Crippen LogP contribution in [0.4, 0.5) is 0 Å². The normalized spacial score (nSPS) is 13.1. The number of fused-ring (bicyclic) bond motifs is 1. The minimum atomic E-state index is -0.667. The highest BCUT2D eigenvalue weighted by atomic mass is 16.5. The number of amides is 2. The predicted octanol–water partition coefficient (Wildman–Crippen LogP) is 3.34. The molecule has 0 saturated heterocycles. The predicted molar refractivity (Wildman–Crippen MR) is 136 cm³/mol. The lowest BCUT2D eigenvalue weighted by Gasteiger charge is -2.25. The lowest BCUT2D eigenvalue weighted by atomic mass is 10.1. The monoisotopic (exact) mass is 490 g/mol. The van der Waals surface area contributed by atoms with Crippen molar-refractivity contribution >= 4 is 18.1 Å². The average molecular weight is 491 g/mol. The number of hydrogen-bond donors (Lipinski definition) is 2. The second-order valence-electron chi connectivity index (χ2n) is 8.83. The molecule has 2 amide bonds. The van der Waals surface area contributed by atoms with Crippen molar-refractivity contribution in [2.75, 3.05) is 20.2 Å². The molecule has 1 aliphatic rings. The van der Waals surface area contributed by atoms with E-state index in [4.69, 9.17) is 10.00 Å². The molecule has 1 atom stereocenters. The lowest BCUT2D eigenvalue weighted by Crippen LogP contribution is -2.46. The fraction of sp³-hybridized carbons (Fsp3) is 0.429. The Labute approximate surface area is 212 Å². The van der Waals surface area contributed by atoms with Crippen LogP contribution in [0.3, 0.4) is 0 Å². The van der Waals surface area contributed by atoms with E-state index in [0.717, 1.165) is 55.2 Å². The van der Waals surface area contributed by atoms with E-state index in [1.807, 2.05) is 30.3 Å². The van der Waals surface area contributed by atoms with Crippen molar-refractivity contribution in [3.05, 3.63) is 64.7 Å². The molecule has 0 radical (unpaired) electrons. The zero-order valence-corrected chi connectivity index (χ0v) is 20.8. The first-order valence-corrected chi connectivity index (χ1v) is 12.5. The Morgan fingerprint density at radius 3 is 2.78 bits per heavy atom. The van der Waals surface area contributed by atoms with Crippen molar-refractivity contribution in [3.63, 3.8) is 0 Å².